The Kier molecular flexibility index (Phi) is 5.93. The second-order valence-corrected chi connectivity index (χ2v) is 4.71. The maximum atomic E-state index is 5.66. The summed E-state index contributed by atoms with van der Waals surface area (Å²) in [4.78, 5) is 0. The van der Waals surface area contributed by atoms with E-state index in [9.17, 15) is 0 Å². The van der Waals surface area contributed by atoms with Crippen LogP contribution in [0.25, 0.3) is 0 Å². The molecule has 0 aliphatic heterocycles. The zero-order valence-electron chi connectivity index (χ0n) is 11.8. The molecule has 0 atom stereocenters. The van der Waals surface area contributed by atoms with Crippen molar-refractivity contribution < 1.29 is 15.2 Å². The van der Waals surface area contributed by atoms with E-state index < -0.39 is 0 Å². The number of hydrogen-bond acceptors (Lipinski definition) is 2. The summed E-state index contributed by atoms with van der Waals surface area (Å²) in [5.74, 6) is 1.86. The van der Waals surface area contributed by atoms with Crippen molar-refractivity contribution in [1.29, 1.82) is 0 Å². The summed E-state index contributed by atoms with van der Waals surface area (Å²) in [7, 11) is 0. The lowest BCUT2D eigenvalue weighted by atomic mass is 10.2. The average molecular weight is 272 g/mol. The summed E-state index contributed by atoms with van der Waals surface area (Å²) in [6.07, 6.45) is 3.21. The van der Waals surface area contributed by atoms with Gasteiger partial charge in [-0.15, -0.1) is 0 Å². The Morgan fingerprint density at radius 2 is 1.20 bits per heavy atom. The minimum absolute atomic E-state index is 0.752. The molecule has 2 aromatic rings. The molecule has 0 aromatic heterocycles. The van der Waals surface area contributed by atoms with Gasteiger partial charge in [0.25, 0.3) is 0 Å². The lowest BCUT2D eigenvalue weighted by molar-refractivity contribution is -0.254. The Balaban J connectivity index is 1.51. The van der Waals surface area contributed by atoms with Crippen LogP contribution in [0.3, 0.4) is 0 Å². The summed E-state index contributed by atoms with van der Waals surface area (Å²) in [6.45, 7) is 1.52. The second kappa shape index (κ2) is 8.23. The zero-order chi connectivity index (χ0) is 14.0. The van der Waals surface area contributed by atoms with Crippen LogP contribution in [-0.2, 0) is 0 Å². The Morgan fingerprint density at radius 3 is 1.80 bits per heavy atom. The van der Waals surface area contributed by atoms with Gasteiger partial charge in [0.1, 0.15) is 17.2 Å². The van der Waals surface area contributed by atoms with Crippen LogP contribution in [0.2, 0.25) is 0 Å². The van der Waals surface area contributed by atoms with Crippen molar-refractivity contribution in [3.8, 4) is 11.5 Å². The van der Waals surface area contributed by atoms with Gasteiger partial charge in [-0.3, -0.25) is 0 Å². The van der Waals surface area contributed by atoms with Crippen molar-refractivity contribution in [3.63, 3.8) is 0 Å². The zero-order valence-corrected chi connectivity index (χ0v) is 11.8. The van der Waals surface area contributed by atoms with Crippen LogP contribution in [0.4, 0.5) is 5.69 Å². The molecule has 0 aliphatic carbocycles. The van der Waals surface area contributed by atoms with Gasteiger partial charge >= 0.3 is 0 Å². The van der Waals surface area contributed by atoms with Crippen molar-refractivity contribution in [2.24, 2.45) is 0 Å². The molecule has 3 heteroatoms. The number of hydrogen-bond donors (Lipinski definition) is 1. The van der Waals surface area contributed by atoms with Crippen LogP contribution in [0.1, 0.15) is 19.3 Å². The van der Waals surface area contributed by atoms with E-state index in [2.05, 4.69) is 5.73 Å². The van der Waals surface area contributed by atoms with Gasteiger partial charge in [-0.2, -0.15) is 0 Å². The number of unbranched alkanes of at least 4 members (excludes halogenated alkanes) is 2. The molecule has 0 fully saturated rings. The van der Waals surface area contributed by atoms with Crippen molar-refractivity contribution >= 4 is 5.69 Å². The summed E-state index contributed by atoms with van der Waals surface area (Å²) < 4.78 is 11.3. The quantitative estimate of drug-likeness (QED) is 0.750. The lowest BCUT2D eigenvalue weighted by Gasteiger charge is -2.07. The van der Waals surface area contributed by atoms with Gasteiger partial charge in [0.15, 0.2) is 0 Å². The van der Waals surface area contributed by atoms with Gasteiger partial charge in [-0.05, 0) is 43.5 Å². The standard InChI is InChI=1S/C17H21NO2/c18-15-9-11-17(12-10-15)20-14-6-2-5-13-19-16-7-3-1-4-8-16/h1,3-4,7-12H,2,5-6,13-14,18H2/p+1. The highest BCUT2D eigenvalue weighted by Crippen LogP contribution is 2.13. The number of rotatable bonds is 8. The third kappa shape index (κ3) is 5.33. The molecule has 0 amide bonds. The van der Waals surface area contributed by atoms with Crippen LogP contribution < -0.4 is 15.2 Å². The van der Waals surface area contributed by atoms with E-state index in [-0.39, 0.29) is 0 Å². The Morgan fingerprint density at radius 1 is 0.650 bits per heavy atom. The van der Waals surface area contributed by atoms with Gasteiger partial charge in [-0.25, -0.2) is 0 Å². The van der Waals surface area contributed by atoms with Gasteiger partial charge in [0.2, 0.25) is 0 Å². The molecule has 0 heterocycles. The molecule has 0 aliphatic rings. The van der Waals surface area contributed by atoms with E-state index in [1.165, 1.54) is 0 Å². The first kappa shape index (κ1) is 14.4. The predicted molar refractivity (Wildman–Crippen MR) is 80.3 cm³/mol. The number of quaternary nitrogens is 1. The maximum Gasteiger partial charge on any atom is 0.128 e. The Labute approximate surface area is 120 Å². The monoisotopic (exact) mass is 272 g/mol. The van der Waals surface area contributed by atoms with Crippen molar-refractivity contribution in [2.75, 3.05) is 13.2 Å². The highest BCUT2D eigenvalue weighted by molar-refractivity contribution is 5.34. The highest BCUT2D eigenvalue weighted by atomic mass is 16.5. The topological polar surface area (TPSA) is 46.1 Å². The molecule has 20 heavy (non-hydrogen) atoms. The first-order valence-electron chi connectivity index (χ1n) is 7.07. The molecule has 0 saturated carbocycles. The molecular formula is C17H22NO2+. The van der Waals surface area contributed by atoms with Gasteiger partial charge in [-0.1, -0.05) is 18.2 Å². The molecule has 0 saturated heterocycles. The van der Waals surface area contributed by atoms with E-state index in [1.807, 2.05) is 54.6 Å². The molecule has 0 spiro atoms. The summed E-state index contributed by atoms with van der Waals surface area (Å²) in [5, 5.41) is 0. The normalized spacial score (nSPS) is 10.2. The molecule has 0 bridgehead atoms. The third-order valence-electron chi connectivity index (χ3n) is 2.99. The first-order chi connectivity index (χ1) is 9.84. The Bertz CT molecular complexity index is 482. The summed E-state index contributed by atoms with van der Waals surface area (Å²) in [6, 6.07) is 17.8. The fraction of sp³-hybridized carbons (Fsp3) is 0.294. The highest BCUT2D eigenvalue weighted by Gasteiger charge is 1.96. The van der Waals surface area contributed by atoms with E-state index in [1.54, 1.807) is 0 Å². The second-order valence-electron chi connectivity index (χ2n) is 4.71. The molecular weight excluding hydrogens is 250 g/mol. The van der Waals surface area contributed by atoms with E-state index in [4.69, 9.17) is 9.47 Å². The van der Waals surface area contributed by atoms with Crippen LogP contribution in [0, 0.1) is 0 Å². The predicted octanol–water partition coefficient (Wildman–Crippen LogP) is 3.19. The molecule has 2 aromatic carbocycles. The van der Waals surface area contributed by atoms with Crippen LogP contribution in [-0.4, -0.2) is 13.2 Å². The Hall–Kier alpha value is -2.00. The number of ether oxygens (including phenoxy) is 2. The van der Waals surface area contributed by atoms with Crippen LogP contribution in [0.15, 0.2) is 54.6 Å². The van der Waals surface area contributed by atoms with Gasteiger partial charge in [0, 0.05) is 12.1 Å². The fourth-order valence-corrected chi connectivity index (χ4v) is 1.86. The fourth-order valence-electron chi connectivity index (χ4n) is 1.86. The molecule has 0 radical (unpaired) electrons. The van der Waals surface area contributed by atoms with Crippen molar-refractivity contribution in [1.82, 2.24) is 0 Å². The maximum absolute atomic E-state index is 5.66. The molecule has 3 N–H and O–H groups in total. The SMILES string of the molecule is [NH3+]c1ccc(OCCCCCOc2ccccc2)cc1. The minimum Gasteiger partial charge on any atom is -0.494 e. The summed E-state index contributed by atoms with van der Waals surface area (Å²) >= 11 is 0. The van der Waals surface area contributed by atoms with Crippen molar-refractivity contribution in [3.05, 3.63) is 54.6 Å². The van der Waals surface area contributed by atoms with Crippen molar-refractivity contribution in [2.45, 2.75) is 19.3 Å². The average Bonchev–Trinajstić information content (AvgIpc) is 2.49. The van der Waals surface area contributed by atoms with Crippen LogP contribution >= 0.6 is 0 Å². The van der Waals surface area contributed by atoms with Crippen LogP contribution in [0.5, 0.6) is 11.5 Å². The lowest BCUT2D eigenvalue weighted by Crippen LogP contribution is -2.39. The van der Waals surface area contributed by atoms with E-state index in [0.717, 1.165) is 49.7 Å². The number of para-hydroxylation sites is 1. The van der Waals surface area contributed by atoms with E-state index in [0.29, 0.717) is 0 Å². The van der Waals surface area contributed by atoms with Gasteiger partial charge < -0.3 is 15.2 Å². The first-order valence-corrected chi connectivity index (χ1v) is 7.07. The third-order valence-corrected chi connectivity index (χ3v) is 2.99. The van der Waals surface area contributed by atoms with E-state index >= 15 is 0 Å². The smallest absolute Gasteiger partial charge is 0.128 e. The number of benzene rings is 2. The molecule has 0 unspecified atom stereocenters. The largest absolute Gasteiger partial charge is 0.494 e. The molecule has 106 valence electrons. The minimum atomic E-state index is 0.752. The summed E-state index contributed by atoms with van der Waals surface area (Å²) in [5.41, 5.74) is 4.86. The molecule has 2 rings (SSSR count). The van der Waals surface area contributed by atoms with Gasteiger partial charge in [0.05, 0.1) is 13.2 Å². The molecule has 3 nitrogen and oxygen atoms in total.